The summed E-state index contributed by atoms with van der Waals surface area (Å²) in [6.45, 7) is 3.98. The summed E-state index contributed by atoms with van der Waals surface area (Å²) in [7, 11) is 0. The second kappa shape index (κ2) is 7.21. The lowest BCUT2D eigenvalue weighted by Crippen LogP contribution is -2.51. The van der Waals surface area contributed by atoms with Gasteiger partial charge in [-0.1, -0.05) is 13.3 Å². The Labute approximate surface area is 124 Å². The van der Waals surface area contributed by atoms with Crippen LogP contribution in [0.5, 0.6) is 0 Å². The second-order valence-electron chi connectivity index (χ2n) is 5.38. The molecule has 0 unspecified atom stereocenters. The van der Waals surface area contributed by atoms with Crippen LogP contribution in [-0.2, 0) is 22.6 Å². The van der Waals surface area contributed by atoms with E-state index >= 15 is 0 Å². The van der Waals surface area contributed by atoms with Gasteiger partial charge in [0.2, 0.25) is 5.91 Å². The molecule has 0 atom stereocenters. The molecule has 1 aliphatic rings. The van der Waals surface area contributed by atoms with Gasteiger partial charge in [-0.15, -0.1) is 0 Å². The van der Waals surface area contributed by atoms with Crippen LogP contribution in [0.25, 0.3) is 0 Å². The molecule has 2 rings (SSSR count). The number of nitrogens with one attached hydrogen (secondary N) is 1. The van der Waals surface area contributed by atoms with Crippen molar-refractivity contribution in [3.05, 3.63) is 17.7 Å². The van der Waals surface area contributed by atoms with Gasteiger partial charge in [-0.2, -0.15) is 0 Å². The van der Waals surface area contributed by atoms with E-state index in [-0.39, 0.29) is 19.0 Å². The minimum absolute atomic E-state index is 0.130. The molecule has 0 saturated carbocycles. The maximum atomic E-state index is 11.9. The molecule has 1 aromatic rings. The van der Waals surface area contributed by atoms with Gasteiger partial charge in [-0.3, -0.25) is 14.5 Å². The average molecular weight is 294 g/mol. The summed E-state index contributed by atoms with van der Waals surface area (Å²) in [6.07, 6.45) is 5.01. The van der Waals surface area contributed by atoms with Gasteiger partial charge in [0.25, 0.3) is 0 Å². The Morgan fingerprint density at radius 1 is 1.48 bits per heavy atom. The van der Waals surface area contributed by atoms with Crippen molar-refractivity contribution in [3.8, 4) is 0 Å². The minimum atomic E-state index is -0.967. The first kappa shape index (κ1) is 15.5. The minimum Gasteiger partial charge on any atom is -0.480 e. The Hall–Kier alpha value is -1.89. The first-order valence-electron chi connectivity index (χ1n) is 7.33. The van der Waals surface area contributed by atoms with E-state index in [2.05, 4.69) is 16.9 Å². The number of imidazole rings is 1. The highest BCUT2D eigenvalue weighted by Gasteiger charge is 2.25. The van der Waals surface area contributed by atoms with Crippen LogP contribution in [0.1, 0.15) is 31.3 Å². The lowest BCUT2D eigenvalue weighted by atomic mass is 10.2. The van der Waals surface area contributed by atoms with Crippen LogP contribution >= 0.6 is 0 Å². The average Bonchev–Trinajstić information content (AvgIpc) is 2.87. The smallest absolute Gasteiger partial charge is 0.323 e. The SMILES string of the molecule is CCCCc1ncc(CN2CCN(CC(=O)O)C(=O)C2)[nH]1. The van der Waals surface area contributed by atoms with E-state index in [1.807, 2.05) is 11.1 Å². The monoisotopic (exact) mass is 294 g/mol. The molecule has 1 amide bonds. The van der Waals surface area contributed by atoms with E-state index in [0.717, 1.165) is 30.8 Å². The molecule has 7 heteroatoms. The van der Waals surface area contributed by atoms with Gasteiger partial charge in [0.05, 0.1) is 6.54 Å². The number of unbranched alkanes of at least 4 members (excludes halogenated alkanes) is 1. The van der Waals surface area contributed by atoms with Crippen LogP contribution in [0.2, 0.25) is 0 Å². The summed E-state index contributed by atoms with van der Waals surface area (Å²) in [6, 6.07) is 0. The topological polar surface area (TPSA) is 89.5 Å². The first-order chi connectivity index (χ1) is 10.1. The third-order valence-corrected chi connectivity index (χ3v) is 3.57. The Balaban J connectivity index is 1.83. The highest BCUT2D eigenvalue weighted by molar-refractivity contribution is 5.83. The molecular formula is C14H22N4O3. The number of carboxylic acids is 1. The molecule has 1 aromatic heterocycles. The molecular weight excluding hydrogens is 272 g/mol. The van der Waals surface area contributed by atoms with Crippen LogP contribution < -0.4 is 0 Å². The number of aryl methyl sites for hydroxylation is 1. The zero-order valence-electron chi connectivity index (χ0n) is 12.3. The number of aromatic amines is 1. The lowest BCUT2D eigenvalue weighted by molar-refractivity contribution is -0.147. The Morgan fingerprint density at radius 3 is 2.95 bits per heavy atom. The highest BCUT2D eigenvalue weighted by atomic mass is 16.4. The molecule has 0 aromatic carbocycles. The summed E-state index contributed by atoms with van der Waals surface area (Å²) >= 11 is 0. The largest absolute Gasteiger partial charge is 0.480 e. The molecule has 1 fully saturated rings. The second-order valence-corrected chi connectivity index (χ2v) is 5.38. The van der Waals surface area contributed by atoms with Crippen molar-refractivity contribution in [3.63, 3.8) is 0 Å². The molecule has 1 aliphatic heterocycles. The number of piperazine rings is 1. The zero-order chi connectivity index (χ0) is 15.2. The lowest BCUT2D eigenvalue weighted by Gasteiger charge is -2.33. The van der Waals surface area contributed by atoms with Gasteiger partial charge >= 0.3 is 5.97 Å². The van der Waals surface area contributed by atoms with Crippen LogP contribution in [0.3, 0.4) is 0 Å². The maximum Gasteiger partial charge on any atom is 0.323 e. The van der Waals surface area contributed by atoms with E-state index in [9.17, 15) is 9.59 Å². The first-order valence-corrected chi connectivity index (χ1v) is 7.33. The fourth-order valence-electron chi connectivity index (χ4n) is 2.42. The number of carboxylic acid groups (broad SMARTS) is 1. The van der Waals surface area contributed by atoms with E-state index in [1.54, 1.807) is 0 Å². The molecule has 0 bridgehead atoms. The molecule has 116 valence electrons. The molecule has 2 N–H and O–H groups in total. The van der Waals surface area contributed by atoms with E-state index < -0.39 is 5.97 Å². The van der Waals surface area contributed by atoms with Crippen molar-refractivity contribution in [1.82, 2.24) is 19.8 Å². The number of aromatic nitrogens is 2. The fourth-order valence-corrected chi connectivity index (χ4v) is 2.42. The third kappa shape index (κ3) is 4.56. The summed E-state index contributed by atoms with van der Waals surface area (Å²) in [5, 5.41) is 8.74. The van der Waals surface area contributed by atoms with Crippen LogP contribution in [0.15, 0.2) is 6.20 Å². The summed E-state index contributed by atoms with van der Waals surface area (Å²) in [5.74, 6) is -0.108. The standard InChI is InChI=1S/C14H22N4O3/c1-2-3-4-12-15-7-11(16-12)8-17-5-6-18(10-14(20)21)13(19)9-17/h7H,2-6,8-10H2,1H3,(H,15,16)(H,20,21). The number of aliphatic carboxylic acids is 1. The Morgan fingerprint density at radius 2 is 2.29 bits per heavy atom. The normalized spacial score (nSPS) is 16.4. The number of carbonyl (C=O) groups is 2. The molecule has 2 heterocycles. The number of carbonyl (C=O) groups excluding carboxylic acids is 1. The van der Waals surface area contributed by atoms with E-state index in [1.165, 1.54) is 4.90 Å². The van der Waals surface area contributed by atoms with Crippen molar-refractivity contribution in [1.29, 1.82) is 0 Å². The fraction of sp³-hybridized carbons (Fsp3) is 0.643. The molecule has 0 radical (unpaired) electrons. The number of hydrogen-bond acceptors (Lipinski definition) is 4. The van der Waals surface area contributed by atoms with Crippen LogP contribution in [0, 0.1) is 0 Å². The number of hydrogen-bond donors (Lipinski definition) is 2. The van der Waals surface area contributed by atoms with E-state index in [0.29, 0.717) is 19.6 Å². The summed E-state index contributed by atoms with van der Waals surface area (Å²) < 4.78 is 0. The number of rotatable bonds is 7. The maximum absolute atomic E-state index is 11.9. The Kier molecular flexibility index (Phi) is 5.32. The predicted octanol–water partition coefficient (Wildman–Crippen LogP) is 0.481. The quantitative estimate of drug-likeness (QED) is 0.763. The van der Waals surface area contributed by atoms with Crippen molar-refractivity contribution in [2.24, 2.45) is 0 Å². The van der Waals surface area contributed by atoms with E-state index in [4.69, 9.17) is 5.11 Å². The molecule has 21 heavy (non-hydrogen) atoms. The van der Waals surface area contributed by atoms with Gasteiger partial charge in [-0.25, -0.2) is 4.98 Å². The number of amides is 1. The van der Waals surface area contributed by atoms with Gasteiger partial charge < -0.3 is 15.0 Å². The van der Waals surface area contributed by atoms with Gasteiger partial charge in [0, 0.05) is 37.9 Å². The van der Waals surface area contributed by atoms with Crippen LogP contribution in [0.4, 0.5) is 0 Å². The third-order valence-electron chi connectivity index (χ3n) is 3.57. The number of nitrogens with zero attached hydrogens (tertiary/aromatic N) is 3. The van der Waals surface area contributed by atoms with Crippen molar-refractivity contribution < 1.29 is 14.7 Å². The molecule has 7 nitrogen and oxygen atoms in total. The van der Waals surface area contributed by atoms with Gasteiger partial charge in [0.15, 0.2) is 0 Å². The molecule has 1 saturated heterocycles. The number of H-pyrrole nitrogens is 1. The Bertz CT molecular complexity index is 500. The summed E-state index contributed by atoms with van der Waals surface area (Å²) in [4.78, 5) is 33.5. The zero-order valence-corrected chi connectivity index (χ0v) is 12.3. The van der Waals surface area contributed by atoms with Gasteiger partial charge in [0.1, 0.15) is 12.4 Å². The van der Waals surface area contributed by atoms with Crippen molar-refractivity contribution in [2.75, 3.05) is 26.2 Å². The van der Waals surface area contributed by atoms with Gasteiger partial charge in [-0.05, 0) is 6.42 Å². The molecule has 0 aliphatic carbocycles. The van der Waals surface area contributed by atoms with Crippen molar-refractivity contribution in [2.45, 2.75) is 32.7 Å². The predicted molar refractivity (Wildman–Crippen MR) is 76.7 cm³/mol. The van der Waals surface area contributed by atoms with Crippen molar-refractivity contribution >= 4 is 11.9 Å². The highest BCUT2D eigenvalue weighted by Crippen LogP contribution is 2.09. The summed E-state index contributed by atoms with van der Waals surface area (Å²) in [5.41, 5.74) is 1.00. The molecule has 0 spiro atoms. The van der Waals surface area contributed by atoms with Crippen LogP contribution in [-0.4, -0.2) is 62.9 Å².